The monoisotopic (exact) mass is 433 g/mol. The van der Waals surface area contributed by atoms with Gasteiger partial charge < -0.3 is 10.5 Å². The molecule has 3 heterocycles. The molecule has 0 radical (unpaired) electrons. The Morgan fingerprint density at radius 2 is 2.07 bits per heavy atom. The van der Waals surface area contributed by atoms with E-state index in [4.69, 9.17) is 10.5 Å². The van der Waals surface area contributed by atoms with E-state index in [1.54, 1.807) is 19.4 Å². The van der Waals surface area contributed by atoms with Gasteiger partial charge in [0, 0.05) is 24.4 Å². The second kappa shape index (κ2) is 8.44. The smallest absolute Gasteiger partial charge is 0.191 e. The maximum atomic E-state index is 13.5. The fraction of sp³-hybridized carbons (Fsp3) is 0.211. The maximum Gasteiger partial charge on any atom is 0.191 e. The van der Waals surface area contributed by atoms with Crippen molar-refractivity contribution in [2.75, 3.05) is 19.5 Å². The molecule has 0 aliphatic heterocycles. The minimum Gasteiger partial charge on any atom is -0.397 e. The third-order valence-corrected chi connectivity index (χ3v) is 6.46. The number of fused-ring (bicyclic) bond motifs is 1. The van der Waals surface area contributed by atoms with Crippen LogP contribution in [0.4, 0.5) is 14.5 Å². The average molecular weight is 434 g/mol. The zero-order chi connectivity index (χ0) is 20.4. The molecular weight excluding hydrogens is 416 g/mol. The van der Waals surface area contributed by atoms with Crippen LogP contribution in [0.3, 0.4) is 0 Å². The Kier molecular flexibility index (Phi) is 5.74. The first-order valence-electron chi connectivity index (χ1n) is 8.70. The molecule has 150 valence electrons. The van der Waals surface area contributed by atoms with Gasteiger partial charge >= 0.3 is 0 Å². The molecule has 6 nitrogen and oxygen atoms in total. The molecule has 0 bridgehead atoms. The second-order valence-electron chi connectivity index (χ2n) is 6.19. The number of benzene rings is 1. The minimum absolute atomic E-state index is 0.422. The fourth-order valence-electron chi connectivity index (χ4n) is 2.84. The second-order valence-corrected chi connectivity index (χ2v) is 8.13. The molecule has 0 aliphatic carbocycles. The Balaban J connectivity index is 1.67. The van der Waals surface area contributed by atoms with E-state index < -0.39 is 11.6 Å². The number of thioether (sulfide) groups is 1. The molecule has 29 heavy (non-hydrogen) atoms. The first-order valence-corrected chi connectivity index (χ1v) is 10.5. The quantitative estimate of drug-likeness (QED) is 0.437. The summed E-state index contributed by atoms with van der Waals surface area (Å²) in [5.41, 5.74) is 7.61. The van der Waals surface area contributed by atoms with Crippen LogP contribution in [0.5, 0.6) is 0 Å². The summed E-state index contributed by atoms with van der Waals surface area (Å²) in [6.45, 7) is 0.993. The van der Waals surface area contributed by atoms with Gasteiger partial charge in [0.1, 0.15) is 4.83 Å². The van der Waals surface area contributed by atoms with Gasteiger partial charge in [-0.3, -0.25) is 4.57 Å². The molecule has 0 amide bonds. The zero-order valence-electron chi connectivity index (χ0n) is 15.4. The molecule has 0 spiro atoms. The number of thiophene rings is 1. The molecule has 3 aromatic heterocycles. The summed E-state index contributed by atoms with van der Waals surface area (Å²) in [5.74, 6) is -0.671. The summed E-state index contributed by atoms with van der Waals surface area (Å²) in [5, 5.41) is 10.2. The maximum absolute atomic E-state index is 13.5. The number of hydrogen-bond donors (Lipinski definition) is 1. The number of pyridine rings is 1. The molecule has 0 saturated heterocycles. The lowest BCUT2D eigenvalue weighted by atomic mass is 10.2. The third kappa shape index (κ3) is 3.96. The molecule has 0 aliphatic rings. The lowest BCUT2D eigenvalue weighted by Crippen LogP contribution is -2.07. The van der Waals surface area contributed by atoms with Crippen LogP contribution in [0.25, 0.3) is 20.9 Å². The predicted molar refractivity (Wildman–Crippen MR) is 111 cm³/mol. The minimum atomic E-state index is -0.866. The van der Waals surface area contributed by atoms with E-state index in [0.717, 1.165) is 21.2 Å². The van der Waals surface area contributed by atoms with Gasteiger partial charge in [-0.15, -0.1) is 21.5 Å². The van der Waals surface area contributed by atoms with Crippen LogP contribution in [-0.2, 0) is 17.0 Å². The lowest BCUT2D eigenvalue weighted by Gasteiger charge is -2.09. The van der Waals surface area contributed by atoms with Gasteiger partial charge in [-0.25, -0.2) is 13.8 Å². The van der Waals surface area contributed by atoms with Gasteiger partial charge in [0.25, 0.3) is 0 Å². The molecular formula is C19H17F2N5OS2. The van der Waals surface area contributed by atoms with E-state index in [9.17, 15) is 8.78 Å². The molecule has 2 N–H and O–H groups in total. The van der Waals surface area contributed by atoms with E-state index in [2.05, 4.69) is 15.2 Å². The molecule has 1 aromatic carbocycles. The highest BCUT2D eigenvalue weighted by molar-refractivity contribution is 7.98. The van der Waals surface area contributed by atoms with E-state index >= 15 is 0 Å². The fourth-order valence-corrected chi connectivity index (χ4v) is 4.81. The van der Waals surface area contributed by atoms with Gasteiger partial charge in [-0.05, 0) is 29.8 Å². The number of aromatic nitrogens is 4. The van der Waals surface area contributed by atoms with Crippen molar-refractivity contribution >= 4 is 39.0 Å². The van der Waals surface area contributed by atoms with Crippen LogP contribution in [0, 0.1) is 11.6 Å². The van der Waals surface area contributed by atoms with Crippen molar-refractivity contribution in [2.24, 2.45) is 0 Å². The third-order valence-electron chi connectivity index (χ3n) is 4.30. The largest absolute Gasteiger partial charge is 0.397 e. The van der Waals surface area contributed by atoms with Crippen molar-refractivity contribution in [1.82, 2.24) is 19.7 Å². The summed E-state index contributed by atoms with van der Waals surface area (Å²) in [4.78, 5) is 5.99. The average Bonchev–Trinajstić information content (AvgIpc) is 3.28. The van der Waals surface area contributed by atoms with E-state index in [0.29, 0.717) is 41.1 Å². The molecule has 0 saturated carbocycles. The van der Waals surface area contributed by atoms with Crippen molar-refractivity contribution in [3.05, 3.63) is 53.7 Å². The van der Waals surface area contributed by atoms with Crippen LogP contribution in [0.2, 0.25) is 0 Å². The lowest BCUT2D eigenvalue weighted by molar-refractivity contribution is 0.185. The molecule has 0 atom stereocenters. The Morgan fingerprint density at radius 3 is 2.83 bits per heavy atom. The highest BCUT2D eigenvalue weighted by atomic mass is 32.2. The molecule has 0 fully saturated rings. The number of methoxy groups -OCH3 is 1. The van der Waals surface area contributed by atoms with E-state index in [1.807, 2.05) is 16.7 Å². The number of ether oxygens (including phenoxy) is 1. The van der Waals surface area contributed by atoms with E-state index in [-0.39, 0.29) is 0 Å². The van der Waals surface area contributed by atoms with Crippen LogP contribution in [-0.4, -0.2) is 33.5 Å². The number of nitrogen functional groups attached to an aromatic ring is 1. The normalized spacial score (nSPS) is 11.4. The summed E-state index contributed by atoms with van der Waals surface area (Å²) < 4.78 is 33.8. The van der Waals surface area contributed by atoms with Crippen molar-refractivity contribution in [1.29, 1.82) is 0 Å². The molecule has 4 rings (SSSR count). The van der Waals surface area contributed by atoms with Crippen molar-refractivity contribution in [2.45, 2.75) is 17.5 Å². The van der Waals surface area contributed by atoms with Crippen molar-refractivity contribution in [3.63, 3.8) is 0 Å². The van der Waals surface area contributed by atoms with Crippen molar-refractivity contribution in [3.8, 4) is 10.7 Å². The van der Waals surface area contributed by atoms with Crippen LogP contribution < -0.4 is 5.73 Å². The van der Waals surface area contributed by atoms with Crippen LogP contribution in [0.15, 0.2) is 41.7 Å². The summed E-state index contributed by atoms with van der Waals surface area (Å²) in [7, 11) is 1.62. The Labute approximate surface area is 173 Å². The van der Waals surface area contributed by atoms with Gasteiger partial charge in [0.2, 0.25) is 0 Å². The molecule has 0 unspecified atom stereocenters. The first kappa shape index (κ1) is 19.7. The highest BCUT2D eigenvalue weighted by Crippen LogP contribution is 2.40. The van der Waals surface area contributed by atoms with Gasteiger partial charge in [0.15, 0.2) is 22.6 Å². The Morgan fingerprint density at radius 1 is 1.21 bits per heavy atom. The predicted octanol–water partition coefficient (Wildman–Crippen LogP) is 4.35. The number of nitrogens with two attached hydrogens (primary N) is 1. The zero-order valence-corrected chi connectivity index (χ0v) is 17.1. The number of rotatable bonds is 7. The number of nitrogens with zero attached hydrogens (tertiary/aromatic N) is 4. The van der Waals surface area contributed by atoms with Gasteiger partial charge in [-0.2, -0.15) is 0 Å². The Hall–Kier alpha value is -2.56. The Bertz CT molecular complexity index is 1160. The standard InChI is InChI=1S/C19H17F2N5OS2/c1-27-8-7-26-17(16-15(22)12-3-2-6-23-18(12)29-16)24-25-19(26)28-10-11-4-5-13(20)14(21)9-11/h2-6,9H,7-8,10,22H2,1H3. The molecule has 10 heteroatoms. The number of anilines is 1. The summed E-state index contributed by atoms with van der Waals surface area (Å²) in [6, 6.07) is 7.63. The van der Waals surface area contributed by atoms with E-state index in [1.165, 1.54) is 29.2 Å². The number of halogens is 2. The topological polar surface area (TPSA) is 78.8 Å². The number of hydrogen-bond acceptors (Lipinski definition) is 7. The highest BCUT2D eigenvalue weighted by Gasteiger charge is 2.20. The van der Waals surface area contributed by atoms with Crippen LogP contribution in [0.1, 0.15) is 5.56 Å². The van der Waals surface area contributed by atoms with Crippen molar-refractivity contribution < 1.29 is 13.5 Å². The molecule has 4 aromatic rings. The summed E-state index contributed by atoms with van der Waals surface area (Å²) >= 11 is 2.84. The van der Waals surface area contributed by atoms with Crippen LogP contribution >= 0.6 is 23.1 Å². The van der Waals surface area contributed by atoms with Gasteiger partial charge in [0.05, 0.1) is 23.7 Å². The van der Waals surface area contributed by atoms with Gasteiger partial charge in [-0.1, -0.05) is 17.8 Å². The summed E-state index contributed by atoms with van der Waals surface area (Å²) in [6.07, 6.45) is 1.72. The first-order chi connectivity index (χ1) is 14.1. The SMILES string of the molecule is COCCn1c(SCc2ccc(F)c(F)c2)nnc1-c1sc2ncccc2c1N.